The number of nitrogens with zero attached hydrogens (tertiary/aromatic N) is 4. The molecule has 2 amide bonds. The van der Waals surface area contributed by atoms with Gasteiger partial charge in [0.1, 0.15) is 19.1 Å². The number of piperidine rings is 1. The molecule has 1 aromatic rings. The van der Waals surface area contributed by atoms with Crippen molar-refractivity contribution in [1.29, 1.82) is 0 Å². The molecule has 0 aromatic heterocycles. The van der Waals surface area contributed by atoms with Gasteiger partial charge in [-0.2, -0.15) is 5.10 Å². The van der Waals surface area contributed by atoms with Gasteiger partial charge in [0, 0.05) is 36.5 Å². The van der Waals surface area contributed by atoms with Crippen molar-refractivity contribution in [1.82, 2.24) is 9.91 Å². The largest absolute Gasteiger partial charge is 0.383 e. The van der Waals surface area contributed by atoms with E-state index in [0.29, 0.717) is 44.2 Å². The van der Waals surface area contributed by atoms with Crippen molar-refractivity contribution in [2.45, 2.75) is 12.8 Å². The summed E-state index contributed by atoms with van der Waals surface area (Å²) in [5.74, 6) is 1.48. The van der Waals surface area contributed by atoms with Gasteiger partial charge in [-0.15, -0.1) is 0 Å². The van der Waals surface area contributed by atoms with E-state index in [1.807, 2.05) is 17.0 Å². The summed E-state index contributed by atoms with van der Waals surface area (Å²) < 4.78 is 11.0. The second-order valence-corrected chi connectivity index (χ2v) is 14.2. The molecule has 2 aliphatic rings. The van der Waals surface area contributed by atoms with E-state index < -0.39 is 10.0 Å². The molecule has 8 nitrogen and oxygen atoms in total. The Hall–Kier alpha value is -1.81. The van der Waals surface area contributed by atoms with E-state index in [-0.39, 0.29) is 31.0 Å². The van der Waals surface area contributed by atoms with Crippen LogP contribution < -0.4 is 4.90 Å². The zero-order chi connectivity index (χ0) is 24.0. The van der Waals surface area contributed by atoms with Crippen LogP contribution >= 0.6 is 21.6 Å². The first-order valence-electron chi connectivity index (χ1n) is 11.1. The molecule has 0 aliphatic carbocycles. The summed E-state index contributed by atoms with van der Waals surface area (Å²) in [6.45, 7) is 2.34. The van der Waals surface area contributed by atoms with Gasteiger partial charge < -0.3 is 14.4 Å². The first-order valence-corrected chi connectivity index (χ1v) is 14.5. The minimum absolute atomic E-state index is 0.0197. The molecule has 2 heterocycles. The van der Waals surface area contributed by atoms with Crippen LogP contribution in [-0.4, -0.2) is 98.8 Å². The number of hydrogen-bond donors (Lipinski definition) is 0. The van der Waals surface area contributed by atoms with Crippen LogP contribution in [0.1, 0.15) is 12.8 Å². The van der Waals surface area contributed by atoms with Gasteiger partial charge in [-0.1, -0.05) is 17.7 Å². The average molecular weight is 499 g/mol. The third-order valence-corrected chi connectivity index (χ3v) is 7.30. The Labute approximate surface area is 203 Å². The monoisotopic (exact) mass is 498 g/mol. The summed E-state index contributed by atoms with van der Waals surface area (Å²) >= 11 is 6.21. The Morgan fingerprint density at radius 3 is 2.79 bits per heavy atom. The lowest BCUT2D eigenvalue weighted by molar-refractivity contribution is -0.135. The Morgan fingerprint density at radius 2 is 2.09 bits per heavy atom. The van der Waals surface area contributed by atoms with Crippen LogP contribution in [0.15, 0.2) is 29.4 Å². The minimum atomic E-state index is -0.676. The Morgan fingerprint density at radius 1 is 1.30 bits per heavy atom. The predicted octanol–water partition coefficient (Wildman–Crippen LogP) is 2.86. The molecule has 0 bridgehead atoms. The first-order chi connectivity index (χ1) is 15.7. The Kier molecular flexibility index (Phi) is 9.03. The highest BCUT2D eigenvalue weighted by Gasteiger charge is 2.36. The van der Waals surface area contributed by atoms with E-state index in [1.165, 1.54) is 5.01 Å². The van der Waals surface area contributed by atoms with Crippen molar-refractivity contribution in [3.05, 3.63) is 29.3 Å². The van der Waals surface area contributed by atoms with Gasteiger partial charge in [0.2, 0.25) is 5.91 Å². The number of carbonyl (C=O) groups excluding carboxylic acids is 2. The number of amides is 2. The van der Waals surface area contributed by atoms with Gasteiger partial charge in [-0.25, -0.2) is 15.0 Å². The summed E-state index contributed by atoms with van der Waals surface area (Å²) in [6.07, 6.45) is 8.05. The number of fused-ring (bicyclic) bond motifs is 1. The highest BCUT2D eigenvalue weighted by Crippen LogP contribution is 2.33. The third kappa shape index (κ3) is 7.34. The number of anilines is 1. The summed E-state index contributed by atoms with van der Waals surface area (Å²) in [7, 11) is 0.925. The predicted molar refractivity (Wildman–Crippen MR) is 135 cm³/mol. The zero-order valence-electron chi connectivity index (χ0n) is 20.0. The fourth-order valence-electron chi connectivity index (χ4n) is 3.78. The quantitative estimate of drug-likeness (QED) is 0.366. The van der Waals surface area contributed by atoms with E-state index in [0.717, 1.165) is 17.3 Å². The molecule has 3 rings (SSSR count). The highest BCUT2D eigenvalue weighted by molar-refractivity contribution is 8.32. The minimum Gasteiger partial charge on any atom is -0.383 e. The van der Waals surface area contributed by atoms with E-state index in [2.05, 4.69) is 23.9 Å². The lowest BCUT2D eigenvalue weighted by Gasteiger charge is -2.40. The van der Waals surface area contributed by atoms with Gasteiger partial charge in [-0.05, 0) is 43.4 Å². The molecule has 1 fully saturated rings. The van der Waals surface area contributed by atoms with Gasteiger partial charge in [0.05, 0.1) is 25.7 Å². The molecule has 1 unspecified atom stereocenters. The van der Waals surface area contributed by atoms with E-state index >= 15 is 0 Å². The lowest BCUT2D eigenvalue weighted by atomic mass is 9.95. The number of methoxy groups -OCH3 is 1. The molecule has 1 saturated heterocycles. The number of amidine groups is 1. The molecule has 0 radical (unpaired) electrons. The second-order valence-electron chi connectivity index (χ2n) is 9.22. The van der Waals surface area contributed by atoms with Gasteiger partial charge >= 0.3 is 0 Å². The van der Waals surface area contributed by atoms with Crippen molar-refractivity contribution < 1.29 is 19.1 Å². The fraction of sp³-hybridized carbons (Fsp3) is 0.609. The van der Waals surface area contributed by atoms with Crippen LogP contribution in [0.25, 0.3) is 0 Å². The molecule has 2 aliphatic heterocycles. The maximum atomic E-state index is 13.6. The van der Waals surface area contributed by atoms with Crippen molar-refractivity contribution in [2.75, 3.05) is 76.1 Å². The van der Waals surface area contributed by atoms with Crippen LogP contribution in [0.2, 0.25) is 5.02 Å². The summed E-state index contributed by atoms with van der Waals surface area (Å²) in [6, 6.07) is 7.28. The van der Waals surface area contributed by atoms with Crippen molar-refractivity contribution in [2.24, 2.45) is 11.0 Å². The van der Waals surface area contributed by atoms with Crippen LogP contribution in [0.3, 0.4) is 0 Å². The number of hydrogen-bond acceptors (Lipinski definition) is 6. The first kappa shape index (κ1) is 25.8. The third-order valence-electron chi connectivity index (χ3n) is 5.68. The number of ether oxygens (including phenoxy) is 2. The van der Waals surface area contributed by atoms with Gasteiger partial charge in [0.15, 0.2) is 0 Å². The van der Waals surface area contributed by atoms with Crippen LogP contribution in [0, 0.1) is 5.92 Å². The summed E-state index contributed by atoms with van der Waals surface area (Å²) in [4.78, 5) is 29.7. The molecule has 0 saturated carbocycles. The number of rotatable bonds is 10. The normalized spacial score (nSPS) is 19.2. The molecule has 1 aromatic carbocycles. The number of benzene rings is 1. The lowest BCUT2D eigenvalue weighted by Crippen LogP contribution is -2.54. The maximum Gasteiger partial charge on any atom is 0.262 e. The fourth-order valence-corrected chi connectivity index (χ4v) is 4.58. The Bertz CT molecular complexity index is 876. The Balaban J connectivity index is 1.69. The highest BCUT2D eigenvalue weighted by atomic mass is 35.5. The molecular weight excluding hydrogens is 464 g/mol. The smallest absolute Gasteiger partial charge is 0.262 e. The summed E-state index contributed by atoms with van der Waals surface area (Å²) in [5.41, 5.74) is 0.718. The van der Waals surface area contributed by atoms with E-state index in [9.17, 15) is 9.59 Å². The average Bonchev–Trinajstić information content (AvgIpc) is 2.76. The number of carbonyl (C=O) groups is 2. The maximum absolute atomic E-state index is 13.6. The number of hydrazone groups is 1. The SMILES string of the molecule is COCCN1N=C2CCC(C(=O)N(COCCS(C)(C)C)c3cccc(Cl)c3)CN2CC1=O. The van der Waals surface area contributed by atoms with Crippen molar-refractivity contribution in [3.63, 3.8) is 0 Å². The standard InChI is InChI=1S/C23H35ClN4O4S/c1-31-11-10-28-22(29)16-26-15-18(8-9-21(26)25-28)23(30)27(17-32-12-13-33(2,3)4)20-7-5-6-19(24)14-20/h5-7,14,18H,8-13,15-17H2,1-4H3. The van der Waals surface area contributed by atoms with Crippen molar-refractivity contribution >= 4 is 45.0 Å². The van der Waals surface area contributed by atoms with Gasteiger partial charge in [0.25, 0.3) is 5.91 Å². The molecule has 10 heteroatoms. The molecule has 184 valence electrons. The van der Waals surface area contributed by atoms with Gasteiger partial charge in [-0.3, -0.25) is 14.5 Å². The summed E-state index contributed by atoms with van der Waals surface area (Å²) in [5, 5.41) is 6.54. The molecular formula is C23H35ClN4O4S. The molecule has 1 atom stereocenters. The van der Waals surface area contributed by atoms with Crippen LogP contribution in [0.4, 0.5) is 5.69 Å². The molecule has 33 heavy (non-hydrogen) atoms. The molecule has 0 N–H and O–H groups in total. The molecule has 0 spiro atoms. The van der Waals surface area contributed by atoms with E-state index in [1.54, 1.807) is 24.1 Å². The zero-order valence-corrected chi connectivity index (χ0v) is 21.5. The topological polar surface area (TPSA) is 74.7 Å². The van der Waals surface area contributed by atoms with Crippen LogP contribution in [-0.2, 0) is 19.1 Å². The second kappa shape index (κ2) is 11.6. The van der Waals surface area contributed by atoms with E-state index in [4.69, 9.17) is 21.1 Å². The van der Waals surface area contributed by atoms with Crippen molar-refractivity contribution in [3.8, 4) is 0 Å². The van der Waals surface area contributed by atoms with Crippen LogP contribution in [0.5, 0.6) is 0 Å². The number of halogens is 1.